The third kappa shape index (κ3) is 8.82. The molecule has 0 N–H and O–H groups in total. The minimum Gasteiger partial charge on any atom is -2.00 e. The van der Waals surface area contributed by atoms with Gasteiger partial charge in [-0.1, -0.05) is 0 Å². The van der Waals surface area contributed by atoms with Gasteiger partial charge >= 0.3 is 77.1 Å². The largest absolute Gasteiger partial charge is 3.00 e. The molecule has 0 spiro atoms. The minimum atomic E-state index is 0. The van der Waals surface area contributed by atoms with Crippen LogP contribution in [0.15, 0.2) is 0 Å². The van der Waals surface area contributed by atoms with Crippen molar-refractivity contribution >= 4 is 37.2 Å². The topological polar surface area (TPSA) is 28.5 Å². The smallest absolute Gasteiger partial charge is 2.00 e. The first-order chi connectivity index (χ1) is 0. The Morgan fingerprint density at radius 3 is 1.00 bits per heavy atom. The summed E-state index contributed by atoms with van der Waals surface area (Å²) in [6.07, 6.45) is 0. The Labute approximate surface area is 81.1 Å². The maximum Gasteiger partial charge on any atom is 3.00 e. The van der Waals surface area contributed by atoms with E-state index in [9.17, 15) is 0 Å². The van der Waals surface area contributed by atoms with E-state index in [0.29, 0.717) is 0 Å². The van der Waals surface area contributed by atoms with Crippen LogP contribution >= 0.6 is 0 Å². The van der Waals surface area contributed by atoms with E-state index in [0.717, 1.165) is 0 Å². The molecule has 4 heavy (non-hydrogen) atoms. The van der Waals surface area contributed by atoms with Crippen molar-refractivity contribution in [1.82, 2.24) is 0 Å². The molecule has 0 unspecified atom stereocenters. The summed E-state index contributed by atoms with van der Waals surface area (Å²) in [6.45, 7) is 0. The number of rotatable bonds is 0. The van der Waals surface area contributed by atoms with Crippen LogP contribution < -0.4 is 0 Å². The molecule has 13 valence electrons. The quantitative estimate of drug-likeness (QED) is 0.511. The van der Waals surface area contributed by atoms with Gasteiger partial charge in [0.05, 0.1) is 0 Å². The molecule has 0 amide bonds. The van der Waals surface area contributed by atoms with E-state index in [2.05, 4.69) is 0 Å². The van der Waals surface area contributed by atoms with Crippen LogP contribution in [-0.2, 0) is 5.48 Å². The van der Waals surface area contributed by atoms with Crippen LogP contribution in [-0.4, -0.2) is 37.2 Å². The van der Waals surface area contributed by atoms with E-state index < -0.39 is 0 Å². The van der Waals surface area contributed by atoms with Crippen LogP contribution in [0, 0.1) is 39.9 Å². The fourth-order valence-electron chi connectivity index (χ4n) is 0. The van der Waals surface area contributed by atoms with Crippen molar-refractivity contribution in [3.63, 3.8) is 0 Å². The number of hydrogen-bond acceptors (Lipinski definition) is 0. The summed E-state index contributed by atoms with van der Waals surface area (Å²) in [5.74, 6) is 0. The van der Waals surface area contributed by atoms with Crippen LogP contribution in [0.5, 0.6) is 0 Å². The zero-order valence-electron chi connectivity index (χ0n) is 1.92. The van der Waals surface area contributed by atoms with Gasteiger partial charge in [0.15, 0.2) is 0 Å². The molecule has 0 atom stereocenters. The van der Waals surface area contributed by atoms with Gasteiger partial charge in [0.25, 0.3) is 0 Å². The van der Waals surface area contributed by atoms with E-state index in [4.69, 9.17) is 0 Å². The molecule has 0 heterocycles. The van der Waals surface area contributed by atoms with Gasteiger partial charge in [-0.05, 0) is 0 Å². The van der Waals surface area contributed by atoms with Crippen LogP contribution in [0.25, 0.3) is 0 Å². The Bertz CT molecular complexity index is 8.00. The third-order valence-electron chi connectivity index (χ3n) is 0. The summed E-state index contributed by atoms with van der Waals surface area (Å²) >= 11 is 0. The van der Waals surface area contributed by atoms with Crippen molar-refractivity contribution in [2.24, 2.45) is 0 Å². The van der Waals surface area contributed by atoms with Crippen LogP contribution in [0.4, 0.5) is 0 Å². The van der Waals surface area contributed by atoms with Gasteiger partial charge in [-0.25, -0.2) is 0 Å². The molecule has 0 aliphatic rings. The second-order valence-corrected chi connectivity index (χ2v) is 0. The monoisotopic (exact) mass is 270 g/mol. The Hall–Kier alpha value is 2.45. The Balaban J connectivity index is 0. The fraction of sp³-hybridized carbons (Fsp3) is 0. The van der Waals surface area contributed by atoms with Crippen LogP contribution in [0.3, 0.4) is 0 Å². The van der Waals surface area contributed by atoms with Crippen molar-refractivity contribution in [2.75, 3.05) is 0 Å². The second kappa shape index (κ2) is 18.0. The molecule has 0 saturated carbocycles. The first-order valence-corrected chi connectivity index (χ1v) is 0. The minimum absolute atomic E-state index is 0. The summed E-state index contributed by atoms with van der Waals surface area (Å²) in [7, 11) is 0. The van der Waals surface area contributed by atoms with Crippen molar-refractivity contribution in [1.29, 1.82) is 0 Å². The fourth-order valence-corrected chi connectivity index (χ4v) is 0. The molecule has 0 saturated heterocycles. The predicted molar refractivity (Wildman–Crippen MR) is 12.2 cm³/mol. The Morgan fingerprint density at radius 2 is 1.00 bits per heavy atom. The van der Waals surface area contributed by atoms with Gasteiger partial charge in [0.2, 0.25) is 0 Å². The van der Waals surface area contributed by atoms with Gasteiger partial charge in [0.1, 0.15) is 0 Å². The van der Waals surface area contributed by atoms with Crippen LogP contribution in [0.1, 0.15) is 0 Å². The van der Waals surface area contributed by atoms with Crippen molar-refractivity contribution in [3.05, 3.63) is 0 Å². The molecule has 0 aliphatic carbocycles. The van der Waals surface area contributed by atoms with E-state index in [1.807, 2.05) is 0 Å². The molecule has 0 aromatic carbocycles. The molecule has 0 fully saturated rings. The average Bonchev–Trinajstić information content (AvgIpc) is 0. The molecule has 4 heteroatoms. The van der Waals surface area contributed by atoms with Crippen molar-refractivity contribution in [2.45, 2.75) is 0 Å². The average molecular weight is 270 g/mol. The van der Waals surface area contributed by atoms with E-state index in [1.165, 1.54) is 0 Å². The molecular formula is AlGaGdO+7. The Morgan fingerprint density at radius 1 is 1.00 bits per heavy atom. The molecule has 1 nitrogen and oxygen atoms in total. The van der Waals surface area contributed by atoms with E-state index >= 15 is 0 Å². The van der Waals surface area contributed by atoms with Crippen molar-refractivity contribution < 1.29 is 45.4 Å². The maximum atomic E-state index is 0. The molecule has 0 aliphatic heterocycles. The number of hydrogen-bond donors (Lipinski definition) is 0. The predicted octanol–water partition coefficient (Wildman–Crippen LogP) is -0.880. The van der Waals surface area contributed by atoms with Crippen molar-refractivity contribution in [3.8, 4) is 0 Å². The van der Waals surface area contributed by atoms with E-state index in [1.54, 1.807) is 0 Å². The second-order valence-electron chi connectivity index (χ2n) is 0. The van der Waals surface area contributed by atoms with Gasteiger partial charge in [-0.15, -0.1) is 0 Å². The first kappa shape index (κ1) is 31.9. The molecule has 0 rings (SSSR count). The first-order valence-electron chi connectivity index (χ1n) is 0. The van der Waals surface area contributed by atoms with Crippen LogP contribution in [0.2, 0.25) is 0 Å². The zero-order chi connectivity index (χ0) is 0. The van der Waals surface area contributed by atoms with Gasteiger partial charge in [-0.2, -0.15) is 0 Å². The molecule has 0 aromatic heterocycles. The van der Waals surface area contributed by atoms with E-state index in [-0.39, 0.29) is 82.6 Å². The normalized spacial score (nSPS) is 0. The summed E-state index contributed by atoms with van der Waals surface area (Å²) in [5, 5.41) is 0. The molecule has 1 radical (unpaired) electrons. The molecule has 0 bridgehead atoms. The standard InChI is InChI=1S/Al.Ga.Gd.O/q3*+3;-2. The summed E-state index contributed by atoms with van der Waals surface area (Å²) in [6, 6.07) is 0. The SMILES string of the molecule is [Al+3].[Ga+3].[Gd+3].[O-2]. The molecule has 0 aromatic rings. The van der Waals surface area contributed by atoms with Gasteiger partial charge in [0, 0.05) is 0 Å². The summed E-state index contributed by atoms with van der Waals surface area (Å²) < 4.78 is 0. The van der Waals surface area contributed by atoms with Gasteiger partial charge in [-0.3, -0.25) is 0 Å². The Kier molecular flexibility index (Phi) is 143. The maximum absolute atomic E-state index is 0. The zero-order valence-corrected chi connectivity index (χ0v) is 7.76. The summed E-state index contributed by atoms with van der Waals surface area (Å²) in [5.41, 5.74) is 0. The van der Waals surface area contributed by atoms with Gasteiger partial charge < -0.3 is 5.48 Å². The molecular weight excluding hydrogens is 270 g/mol. The summed E-state index contributed by atoms with van der Waals surface area (Å²) in [4.78, 5) is 0. The third-order valence-corrected chi connectivity index (χ3v) is 0.